The molecular weight excluding hydrogens is 365 g/mol. The summed E-state index contributed by atoms with van der Waals surface area (Å²) in [7, 11) is 0. The van der Waals surface area contributed by atoms with Gasteiger partial charge in [-0.05, 0) is 42.5 Å². The number of nitrogens with one attached hydrogen (secondary N) is 1. The normalized spacial score (nSPS) is 13.0. The van der Waals surface area contributed by atoms with Crippen LogP contribution in [0.1, 0.15) is 16.7 Å². The molecule has 0 aliphatic carbocycles. The molecular formula is C15H8F9N. The molecule has 2 aromatic rings. The molecule has 0 spiro atoms. The predicted molar refractivity (Wildman–Crippen MR) is 71.2 cm³/mol. The van der Waals surface area contributed by atoms with Crippen LogP contribution in [0.2, 0.25) is 0 Å². The Morgan fingerprint density at radius 3 is 1.24 bits per heavy atom. The van der Waals surface area contributed by atoms with Crippen LogP contribution in [0.5, 0.6) is 0 Å². The lowest BCUT2D eigenvalue weighted by Crippen LogP contribution is -2.11. The van der Waals surface area contributed by atoms with Gasteiger partial charge in [0.15, 0.2) is 0 Å². The van der Waals surface area contributed by atoms with E-state index in [-0.39, 0.29) is 11.8 Å². The van der Waals surface area contributed by atoms with Crippen molar-refractivity contribution in [1.29, 1.82) is 0 Å². The third-order valence-corrected chi connectivity index (χ3v) is 3.09. The molecule has 0 bridgehead atoms. The second-order valence-corrected chi connectivity index (χ2v) is 4.99. The van der Waals surface area contributed by atoms with E-state index in [2.05, 4.69) is 5.32 Å². The van der Waals surface area contributed by atoms with Crippen molar-refractivity contribution in [2.45, 2.75) is 18.5 Å². The van der Waals surface area contributed by atoms with Crippen LogP contribution >= 0.6 is 0 Å². The average Bonchev–Trinajstić information content (AvgIpc) is 2.44. The minimum atomic E-state index is -5.02. The maximum atomic E-state index is 12.7. The van der Waals surface area contributed by atoms with Crippen molar-refractivity contribution in [3.63, 3.8) is 0 Å². The average molecular weight is 373 g/mol. The number of hydrogen-bond acceptors (Lipinski definition) is 1. The Bertz CT molecular complexity index is 707. The fourth-order valence-corrected chi connectivity index (χ4v) is 1.94. The van der Waals surface area contributed by atoms with Gasteiger partial charge in [-0.1, -0.05) is 0 Å². The van der Waals surface area contributed by atoms with Crippen molar-refractivity contribution in [3.05, 3.63) is 59.2 Å². The maximum Gasteiger partial charge on any atom is 0.416 e. The fourth-order valence-electron chi connectivity index (χ4n) is 1.94. The summed E-state index contributed by atoms with van der Waals surface area (Å²) < 4.78 is 114. The van der Waals surface area contributed by atoms with Gasteiger partial charge in [0, 0.05) is 11.4 Å². The molecule has 0 unspecified atom stereocenters. The molecule has 0 radical (unpaired) electrons. The highest BCUT2D eigenvalue weighted by molar-refractivity contribution is 5.62. The SMILES string of the molecule is FC(F)(F)c1ccc(Nc2cc(C(F)(F)F)cc(C(F)(F)F)c2)cc1. The van der Waals surface area contributed by atoms with Crippen LogP contribution in [0.4, 0.5) is 50.9 Å². The highest BCUT2D eigenvalue weighted by Crippen LogP contribution is 2.38. The van der Waals surface area contributed by atoms with E-state index in [1.807, 2.05) is 0 Å². The largest absolute Gasteiger partial charge is 0.416 e. The molecule has 0 saturated carbocycles. The number of hydrogen-bond donors (Lipinski definition) is 1. The number of benzene rings is 2. The van der Waals surface area contributed by atoms with E-state index in [0.29, 0.717) is 24.3 Å². The highest BCUT2D eigenvalue weighted by atomic mass is 19.4. The molecule has 0 heterocycles. The molecule has 1 nitrogen and oxygen atoms in total. The quantitative estimate of drug-likeness (QED) is 0.594. The van der Waals surface area contributed by atoms with Gasteiger partial charge in [0.2, 0.25) is 0 Å². The monoisotopic (exact) mass is 373 g/mol. The van der Waals surface area contributed by atoms with E-state index in [9.17, 15) is 39.5 Å². The van der Waals surface area contributed by atoms with Gasteiger partial charge in [-0.2, -0.15) is 39.5 Å². The zero-order chi connectivity index (χ0) is 19.0. The smallest absolute Gasteiger partial charge is 0.356 e. The Kier molecular flexibility index (Phi) is 4.67. The van der Waals surface area contributed by atoms with Gasteiger partial charge >= 0.3 is 18.5 Å². The van der Waals surface area contributed by atoms with Gasteiger partial charge in [-0.15, -0.1) is 0 Å². The lowest BCUT2D eigenvalue weighted by atomic mass is 10.1. The Morgan fingerprint density at radius 2 is 0.880 bits per heavy atom. The number of rotatable bonds is 2. The first-order chi connectivity index (χ1) is 11.3. The predicted octanol–water partition coefficient (Wildman–Crippen LogP) is 6.49. The molecule has 0 fully saturated rings. The molecule has 2 rings (SSSR count). The molecule has 136 valence electrons. The molecule has 0 saturated heterocycles. The summed E-state index contributed by atoms with van der Waals surface area (Å²) in [5.41, 5.74) is -4.71. The van der Waals surface area contributed by atoms with Crippen LogP contribution in [-0.4, -0.2) is 0 Å². The second kappa shape index (κ2) is 6.16. The Labute approximate surface area is 135 Å². The number of anilines is 2. The van der Waals surface area contributed by atoms with Crippen molar-refractivity contribution < 1.29 is 39.5 Å². The summed E-state index contributed by atoms with van der Waals surface area (Å²) >= 11 is 0. The number of alkyl halides is 9. The molecule has 0 aliphatic rings. The Balaban J connectivity index is 2.38. The number of halogens is 9. The molecule has 2 aromatic carbocycles. The molecule has 1 N–H and O–H groups in total. The summed E-state index contributed by atoms with van der Waals surface area (Å²) in [6.45, 7) is 0. The van der Waals surface area contributed by atoms with E-state index in [0.717, 1.165) is 12.1 Å². The Hall–Kier alpha value is -2.39. The first-order valence-corrected chi connectivity index (χ1v) is 6.50. The standard InChI is InChI=1S/C15H8F9N/c16-13(17,18)8-1-3-11(4-2-8)25-12-6-9(14(19,20)21)5-10(7-12)15(22,23)24/h1-7,25H. The molecule has 0 amide bonds. The summed E-state index contributed by atoms with van der Waals surface area (Å²) in [5.74, 6) is 0. The molecule has 0 aliphatic heterocycles. The Morgan fingerprint density at radius 1 is 0.480 bits per heavy atom. The van der Waals surface area contributed by atoms with Gasteiger partial charge in [-0.25, -0.2) is 0 Å². The van der Waals surface area contributed by atoms with Crippen molar-refractivity contribution in [2.75, 3.05) is 5.32 Å². The summed E-state index contributed by atoms with van der Waals surface area (Å²) in [6.07, 6.45) is -14.6. The van der Waals surface area contributed by atoms with E-state index in [1.165, 1.54) is 0 Å². The van der Waals surface area contributed by atoms with Crippen molar-refractivity contribution in [1.82, 2.24) is 0 Å². The zero-order valence-corrected chi connectivity index (χ0v) is 11.9. The third-order valence-electron chi connectivity index (χ3n) is 3.09. The van der Waals surface area contributed by atoms with Crippen LogP contribution in [0.25, 0.3) is 0 Å². The van der Waals surface area contributed by atoms with E-state index in [4.69, 9.17) is 0 Å². The lowest BCUT2D eigenvalue weighted by Gasteiger charge is -2.15. The van der Waals surface area contributed by atoms with Crippen LogP contribution in [0.3, 0.4) is 0 Å². The molecule has 25 heavy (non-hydrogen) atoms. The van der Waals surface area contributed by atoms with Crippen molar-refractivity contribution in [2.24, 2.45) is 0 Å². The molecule has 0 atom stereocenters. The summed E-state index contributed by atoms with van der Waals surface area (Å²) in [5, 5.41) is 2.24. The van der Waals surface area contributed by atoms with E-state index in [1.54, 1.807) is 0 Å². The van der Waals surface area contributed by atoms with Gasteiger partial charge < -0.3 is 5.32 Å². The fraction of sp³-hybridized carbons (Fsp3) is 0.200. The first kappa shape index (κ1) is 18.9. The van der Waals surface area contributed by atoms with Crippen LogP contribution in [0, 0.1) is 0 Å². The maximum absolute atomic E-state index is 12.7. The second-order valence-electron chi connectivity index (χ2n) is 4.99. The van der Waals surface area contributed by atoms with E-state index < -0.39 is 40.9 Å². The minimum Gasteiger partial charge on any atom is -0.356 e. The van der Waals surface area contributed by atoms with E-state index >= 15 is 0 Å². The van der Waals surface area contributed by atoms with Crippen LogP contribution < -0.4 is 5.32 Å². The van der Waals surface area contributed by atoms with Crippen molar-refractivity contribution in [3.8, 4) is 0 Å². The van der Waals surface area contributed by atoms with Crippen molar-refractivity contribution >= 4 is 11.4 Å². The molecule has 10 heteroatoms. The summed E-state index contributed by atoms with van der Waals surface area (Å²) in [6, 6.07) is 3.94. The lowest BCUT2D eigenvalue weighted by molar-refractivity contribution is -0.143. The first-order valence-electron chi connectivity index (χ1n) is 6.50. The van der Waals surface area contributed by atoms with Gasteiger partial charge in [0.05, 0.1) is 16.7 Å². The molecule has 0 aromatic heterocycles. The van der Waals surface area contributed by atoms with Gasteiger partial charge in [0.1, 0.15) is 0 Å². The zero-order valence-electron chi connectivity index (χ0n) is 11.9. The van der Waals surface area contributed by atoms with Crippen LogP contribution in [-0.2, 0) is 18.5 Å². The van der Waals surface area contributed by atoms with Gasteiger partial charge in [-0.3, -0.25) is 0 Å². The van der Waals surface area contributed by atoms with Crippen LogP contribution in [0.15, 0.2) is 42.5 Å². The highest BCUT2D eigenvalue weighted by Gasteiger charge is 2.37. The third kappa shape index (κ3) is 4.80. The summed E-state index contributed by atoms with van der Waals surface area (Å²) in [4.78, 5) is 0. The minimum absolute atomic E-state index is 0.0437. The topological polar surface area (TPSA) is 12.0 Å². The van der Waals surface area contributed by atoms with Gasteiger partial charge in [0.25, 0.3) is 0 Å².